The number of anilines is 2. The van der Waals surface area contributed by atoms with Crippen LogP contribution in [0.2, 0.25) is 0 Å². The summed E-state index contributed by atoms with van der Waals surface area (Å²) in [6.45, 7) is 0.670. The third-order valence-corrected chi connectivity index (χ3v) is 8.15. The highest BCUT2D eigenvalue weighted by Crippen LogP contribution is 2.47. The third kappa shape index (κ3) is 6.95. The monoisotopic (exact) mass is 585 g/mol. The van der Waals surface area contributed by atoms with Gasteiger partial charge in [-0.1, -0.05) is 0 Å². The summed E-state index contributed by atoms with van der Waals surface area (Å²) in [5.74, 6) is -8.35. The van der Waals surface area contributed by atoms with Gasteiger partial charge < -0.3 is 14.4 Å². The maximum Gasteiger partial charge on any atom is 0.420 e. The number of hydrogen-bond acceptors (Lipinski definition) is 6. The van der Waals surface area contributed by atoms with E-state index in [0.29, 0.717) is 19.1 Å². The number of fused-ring (bicyclic) bond motifs is 1. The minimum Gasteiger partial charge on any atom is -0.492 e. The number of halogens is 7. The van der Waals surface area contributed by atoms with Crippen LogP contribution in [0.25, 0.3) is 0 Å². The highest BCUT2D eigenvalue weighted by atomic mass is 32.2. The molecule has 0 radical (unpaired) electrons. The Balaban J connectivity index is 2.23. The lowest BCUT2D eigenvalue weighted by Gasteiger charge is -2.29. The molecule has 0 bridgehead atoms. The van der Waals surface area contributed by atoms with Crippen molar-refractivity contribution >= 4 is 27.2 Å². The molecule has 0 saturated carbocycles. The fourth-order valence-corrected chi connectivity index (χ4v) is 5.83. The van der Waals surface area contributed by atoms with Gasteiger partial charge in [0.25, 0.3) is 0 Å². The second-order valence-electron chi connectivity index (χ2n) is 9.40. The summed E-state index contributed by atoms with van der Waals surface area (Å²) in [5, 5.41) is 0. The molecule has 216 valence electrons. The first kappa shape index (κ1) is 30.5. The summed E-state index contributed by atoms with van der Waals surface area (Å²) < 4.78 is 135. The second-order valence-corrected chi connectivity index (χ2v) is 11.4. The van der Waals surface area contributed by atoms with Crippen LogP contribution in [0.5, 0.6) is 5.75 Å². The normalized spacial score (nSPS) is 20.1. The summed E-state index contributed by atoms with van der Waals surface area (Å²) in [5.41, 5.74) is -4.75. The Bertz CT molecular complexity index is 1290. The van der Waals surface area contributed by atoms with Crippen molar-refractivity contribution in [2.75, 3.05) is 25.2 Å². The molecular weight excluding hydrogens is 559 g/mol. The van der Waals surface area contributed by atoms with Gasteiger partial charge in [0.15, 0.2) is 0 Å². The number of methoxy groups -OCH3 is 1. The molecule has 1 aliphatic rings. The summed E-state index contributed by atoms with van der Waals surface area (Å²) in [4.78, 5) is 11.8. The average Bonchev–Trinajstić information content (AvgIpc) is 2.92. The molecule has 0 spiro atoms. The highest BCUT2D eigenvalue weighted by molar-refractivity contribution is 7.92. The van der Waals surface area contributed by atoms with Crippen molar-refractivity contribution in [1.82, 2.24) is 0 Å². The first-order valence-corrected chi connectivity index (χ1v) is 13.2. The van der Waals surface area contributed by atoms with E-state index in [1.807, 2.05) is 0 Å². The largest absolute Gasteiger partial charge is 0.492 e. The number of alkyl halides is 6. The molecule has 39 heavy (non-hydrogen) atoms. The van der Waals surface area contributed by atoms with Gasteiger partial charge in [-0.15, -0.1) is 0 Å². The van der Waals surface area contributed by atoms with E-state index in [-0.39, 0.29) is 5.69 Å². The van der Waals surface area contributed by atoms with Gasteiger partial charge >= 0.3 is 12.1 Å². The Morgan fingerprint density at radius 2 is 1.74 bits per heavy atom. The van der Waals surface area contributed by atoms with E-state index in [1.165, 1.54) is 6.92 Å². The van der Waals surface area contributed by atoms with E-state index >= 15 is 4.39 Å². The topological polar surface area (TPSA) is 72.9 Å². The molecule has 0 unspecified atom stereocenters. The number of rotatable bonds is 8. The molecule has 0 N–H and O–H groups in total. The Kier molecular flexibility index (Phi) is 8.78. The van der Waals surface area contributed by atoms with Gasteiger partial charge in [-0.05, 0) is 50.6 Å². The number of sulfone groups is 1. The van der Waals surface area contributed by atoms with Crippen molar-refractivity contribution in [3.63, 3.8) is 0 Å². The Morgan fingerprint density at radius 3 is 2.28 bits per heavy atom. The van der Waals surface area contributed by atoms with Gasteiger partial charge in [-0.2, -0.15) is 13.2 Å². The van der Waals surface area contributed by atoms with Crippen molar-refractivity contribution in [2.45, 2.75) is 49.2 Å². The molecule has 1 aliphatic heterocycles. The van der Waals surface area contributed by atoms with Crippen LogP contribution in [-0.2, 0) is 25.5 Å². The van der Waals surface area contributed by atoms with E-state index in [0.717, 1.165) is 36.3 Å². The number of nitrogens with zero attached hydrogens (tertiary/aromatic N) is 1. The molecule has 6 nitrogen and oxygen atoms in total. The molecular formula is C25H26F7NO5S. The number of ether oxygens (including phenoxy) is 2. The van der Waals surface area contributed by atoms with Crippen molar-refractivity contribution in [3.05, 3.63) is 47.8 Å². The number of hydrogen-bond donors (Lipinski definition) is 0. The zero-order valence-corrected chi connectivity index (χ0v) is 21.9. The minimum atomic E-state index is -5.08. The fraction of sp³-hybridized carbons (Fsp3) is 0.480. The van der Waals surface area contributed by atoms with Crippen LogP contribution in [0.15, 0.2) is 41.3 Å². The van der Waals surface area contributed by atoms with E-state index in [9.17, 15) is 39.6 Å². The molecule has 0 amide bonds. The quantitative estimate of drug-likeness (QED) is 0.267. The average molecular weight is 586 g/mol. The molecule has 0 aromatic heterocycles. The molecule has 3 atom stereocenters. The maximum atomic E-state index is 15.6. The number of carbonyl (C=O) groups excluding carboxylic acids is 1. The summed E-state index contributed by atoms with van der Waals surface area (Å²) in [6, 6.07) is 5.19. The lowest BCUT2D eigenvalue weighted by Crippen LogP contribution is -2.32. The van der Waals surface area contributed by atoms with E-state index in [4.69, 9.17) is 4.74 Å². The zero-order chi connectivity index (χ0) is 29.3. The van der Waals surface area contributed by atoms with Crippen molar-refractivity contribution in [3.8, 4) is 5.75 Å². The lowest BCUT2D eigenvalue weighted by atomic mass is 10.00. The van der Waals surface area contributed by atoms with Crippen LogP contribution >= 0.6 is 0 Å². The van der Waals surface area contributed by atoms with Crippen LogP contribution in [0.3, 0.4) is 0 Å². The Hall–Kier alpha value is -3.03. The van der Waals surface area contributed by atoms with Gasteiger partial charge in [0.2, 0.25) is 21.3 Å². The van der Waals surface area contributed by atoms with Gasteiger partial charge in [0, 0.05) is 30.6 Å². The van der Waals surface area contributed by atoms with Crippen LogP contribution in [-0.4, -0.2) is 46.1 Å². The minimum absolute atomic E-state index is 0.0105. The van der Waals surface area contributed by atoms with E-state index < -0.39 is 99.0 Å². The van der Waals surface area contributed by atoms with Crippen LogP contribution < -0.4 is 9.64 Å². The molecule has 14 heteroatoms. The van der Waals surface area contributed by atoms with Crippen molar-refractivity contribution in [1.29, 1.82) is 0 Å². The molecule has 2 aromatic rings. The maximum absolute atomic E-state index is 15.6. The Morgan fingerprint density at radius 1 is 1.13 bits per heavy atom. The van der Waals surface area contributed by atoms with Crippen LogP contribution in [0.4, 0.5) is 42.1 Å². The van der Waals surface area contributed by atoms with E-state index in [1.54, 1.807) is 0 Å². The predicted molar refractivity (Wildman–Crippen MR) is 127 cm³/mol. The number of carbonyl (C=O) groups is 1. The molecule has 2 aromatic carbocycles. The second kappa shape index (κ2) is 11.2. The van der Waals surface area contributed by atoms with Gasteiger partial charge in [-0.25, -0.2) is 26.0 Å². The zero-order valence-electron chi connectivity index (χ0n) is 21.1. The number of benzene rings is 2. The molecule has 0 aliphatic carbocycles. The summed E-state index contributed by atoms with van der Waals surface area (Å²) in [7, 11) is -3.97. The standard InChI is InChI=1S/C25H26F7NO5S/c1-14(23(34)37-3)13-38-20-11-21-19(10-18(20)25(30,31)32)33(17-6-4-16(26)5-7-17)12-15(8-9-24(2,28)29)22(27)39(21,35)36/h4-7,10-11,14-15,22H,8-9,12-13H2,1-3H3/t14-,15+,22-/m1/s1. The molecule has 0 saturated heterocycles. The highest BCUT2D eigenvalue weighted by Gasteiger charge is 2.45. The lowest BCUT2D eigenvalue weighted by molar-refractivity contribution is -0.146. The number of esters is 1. The van der Waals surface area contributed by atoms with Crippen molar-refractivity contribution in [2.24, 2.45) is 11.8 Å². The van der Waals surface area contributed by atoms with Crippen molar-refractivity contribution < 1.29 is 53.4 Å². The van der Waals surface area contributed by atoms with Crippen LogP contribution in [0.1, 0.15) is 32.3 Å². The summed E-state index contributed by atoms with van der Waals surface area (Å²) in [6.07, 6.45) is -6.57. The first-order valence-electron chi connectivity index (χ1n) is 11.7. The van der Waals surface area contributed by atoms with Gasteiger partial charge in [0.1, 0.15) is 18.2 Å². The smallest absolute Gasteiger partial charge is 0.420 e. The molecule has 0 fully saturated rings. The fourth-order valence-electron chi connectivity index (χ4n) is 4.13. The van der Waals surface area contributed by atoms with E-state index in [2.05, 4.69) is 4.74 Å². The third-order valence-electron chi connectivity index (χ3n) is 6.23. The van der Waals surface area contributed by atoms with Gasteiger partial charge in [0.05, 0.1) is 29.2 Å². The molecule has 3 rings (SSSR count). The molecule has 1 heterocycles. The first-order chi connectivity index (χ1) is 18.0. The predicted octanol–water partition coefficient (Wildman–Crippen LogP) is 6.31. The van der Waals surface area contributed by atoms with Crippen LogP contribution in [0, 0.1) is 17.7 Å². The van der Waals surface area contributed by atoms with Gasteiger partial charge in [-0.3, -0.25) is 4.79 Å². The summed E-state index contributed by atoms with van der Waals surface area (Å²) >= 11 is 0. The SMILES string of the molecule is COC(=O)[C@H](C)COc1cc2c(cc1C(F)(F)F)N(c1ccc(F)cc1)C[C@H](CCC(C)(F)F)[C@H](F)S2(=O)=O. The Labute approximate surface area is 220 Å².